The van der Waals surface area contributed by atoms with Crippen molar-refractivity contribution in [1.29, 1.82) is 0 Å². The van der Waals surface area contributed by atoms with Crippen LogP contribution in [0.2, 0.25) is 0 Å². The van der Waals surface area contributed by atoms with Gasteiger partial charge in [-0.2, -0.15) is 5.10 Å². The van der Waals surface area contributed by atoms with Gasteiger partial charge in [-0.05, 0) is 32.0 Å². The summed E-state index contributed by atoms with van der Waals surface area (Å²) in [7, 11) is 0. The fourth-order valence-corrected chi connectivity index (χ4v) is 4.10. The Kier molecular flexibility index (Phi) is 5.21. The maximum Gasteiger partial charge on any atom is 0.289 e. The summed E-state index contributed by atoms with van der Waals surface area (Å²) in [5, 5.41) is 4.43. The third kappa shape index (κ3) is 3.82. The average molecular weight is 386 g/mol. The second-order valence-electron chi connectivity index (χ2n) is 7.69. The normalized spacial score (nSPS) is 22.2. The molecule has 2 saturated heterocycles. The molecule has 2 aromatic heterocycles. The Balaban J connectivity index is 1.44. The number of carbonyl (C=O) groups excluding carboxylic acids is 2. The maximum atomic E-state index is 12.9. The molecule has 28 heavy (non-hydrogen) atoms. The molecule has 0 unspecified atom stereocenters. The van der Waals surface area contributed by atoms with Crippen LogP contribution >= 0.6 is 0 Å². The lowest BCUT2D eigenvalue weighted by Crippen LogP contribution is -2.47. The molecule has 8 nitrogen and oxygen atoms in total. The fraction of sp³-hybridized carbons (Fsp3) is 0.550. The molecule has 2 atom stereocenters. The van der Waals surface area contributed by atoms with Gasteiger partial charge in [0.15, 0.2) is 5.76 Å². The molecule has 2 aliphatic rings. The van der Waals surface area contributed by atoms with Crippen molar-refractivity contribution in [3.63, 3.8) is 0 Å². The number of aryl methyl sites for hydroxylation is 3. The smallest absolute Gasteiger partial charge is 0.289 e. The Labute approximate surface area is 164 Å². The van der Waals surface area contributed by atoms with Crippen molar-refractivity contribution < 1.29 is 18.7 Å². The summed E-state index contributed by atoms with van der Waals surface area (Å²) in [5.41, 5.74) is 2.01. The van der Waals surface area contributed by atoms with Gasteiger partial charge in [-0.1, -0.05) is 0 Å². The number of nitrogens with zero attached hydrogens (tertiary/aromatic N) is 4. The number of ether oxygens (including phenoxy) is 1. The molecule has 0 aromatic carbocycles. The highest BCUT2D eigenvalue weighted by Crippen LogP contribution is 2.22. The van der Waals surface area contributed by atoms with Crippen molar-refractivity contribution in [3.05, 3.63) is 41.6 Å². The molecule has 4 rings (SSSR count). The fourth-order valence-electron chi connectivity index (χ4n) is 4.10. The van der Waals surface area contributed by atoms with E-state index in [-0.39, 0.29) is 23.8 Å². The highest BCUT2D eigenvalue weighted by molar-refractivity contribution is 5.91. The number of aromatic nitrogens is 2. The molecule has 0 aliphatic carbocycles. The van der Waals surface area contributed by atoms with Gasteiger partial charge in [0, 0.05) is 44.2 Å². The van der Waals surface area contributed by atoms with Crippen molar-refractivity contribution in [2.45, 2.75) is 32.9 Å². The Morgan fingerprint density at radius 1 is 1.21 bits per heavy atom. The molecule has 4 heterocycles. The van der Waals surface area contributed by atoms with Gasteiger partial charge in [0.05, 0.1) is 31.2 Å². The Bertz CT molecular complexity index is 845. The van der Waals surface area contributed by atoms with Gasteiger partial charge in [0.2, 0.25) is 5.91 Å². The molecule has 2 bridgehead atoms. The lowest BCUT2D eigenvalue weighted by Gasteiger charge is -2.31. The number of hydrogen-bond acceptors (Lipinski definition) is 5. The Morgan fingerprint density at radius 2 is 2.07 bits per heavy atom. The summed E-state index contributed by atoms with van der Waals surface area (Å²) in [5.74, 6) is 0.387. The zero-order valence-electron chi connectivity index (χ0n) is 16.3. The maximum absolute atomic E-state index is 12.9. The summed E-state index contributed by atoms with van der Waals surface area (Å²) >= 11 is 0. The lowest BCUT2D eigenvalue weighted by molar-refractivity contribution is -0.133. The van der Waals surface area contributed by atoms with Crippen molar-refractivity contribution in [3.8, 4) is 0 Å². The quantitative estimate of drug-likeness (QED) is 0.795. The number of amides is 2. The minimum atomic E-state index is -0.164. The predicted molar refractivity (Wildman–Crippen MR) is 101 cm³/mol. The van der Waals surface area contributed by atoms with Crippen LogP contribution in [0.3, 0.4) is 0 Å². The zero-order valence-corrected chi connectivity index (χ0v) is 16.3. The van der Waals surface area contributed by atoms with Crippen LogP contribution in [-0.4, -0.2) is 70.3 Å². The number of fused-ring (bicyclic) bond motifs is 3. The van der Waals surface area contributed by atoms with Crippen molar-refractivity contribution in [1.82, 2.24) is 19.6 Å². The number of furan rings is 1. The molecule has 8 heteroatoms. The summed E-state index contributed by atoms with van der Waals surface area (Å²) in [6.07, 6.45) is 1.90. The first-order valence-electron chi connectivity index (χ1n) is 9.72. The van der Waals surface area contributed by atoms with Gasteiger partial charge in [0.25, 0.3) is 5.91 Å². The van der Waals surface area contributed by atoms with E-state index in [9.17, 15) is 9.59 Å². The topological polar surface area (TPSA) is 80.8 Å². The summed E-state index contributed by atoms with van der Waals surface area (Å²) in [4.78, 5) is 29.4. The van der Waals surface area contributed by atoms with Crippen LogP contribution in [0.25, 0.3) is 0 Å². The van der Waals surface area contributed by atoms with E-state index in [1.165, 1.54) is 6.26 Å². The molecule has 0 saturated carbocycles. The first-order chi connectivity index (χ1) is 13.5. The molecule has 2 aliphatic heterocycles. The van der Waals surface area contributed by atoms with Gasteiger partial charge in [0.1, 0.15) is 0 Å². The van der Waals surface area contributed by atoms with E-state index in [1.54, 1.807) is 12.1 Å². The molecular formula is C20H26N4O4. The highest BCUT2D eigenvalue weighted by Gasteiger charge is 2.38. The Morgan fingerprint density at radius 3 is 2.79 bits per heavy atom. The van der Waals surface area contributed by atoms with E-state index < -0.39 is 0 Å². The van der Waals surface area contributed by atoms with E-state index in [0.717, 1.165) is 11.4 Å². The van der Waals surface area contributed by atoms with Crippen LogP contribution in [0.1, 0.15) is 28.4 Å². The van der Waals surface area contributed by atoms with Crippen LogP contribution in [-0.2, 0) is 16.1 Å². The van der Waals surface area contributed by atoms with E-state index >= 15 is 0 Å². The molecule has 150 valence electrons. The van der Waals surface area contributed by atoms with Crippen LogP contribution in [0.15, 0.2) is 28.9 Å². The van der Waals surface area contributed by atoms with Crippen LogP contribution in [0.4, 0.5) is 0 Å². The third-order valence-electron chi connectivity index (χ3n) is 5.46. The van der Waals surface area contributed by atoms with E-state index in [0.29, 0.717) is 51.6 Å². The second-order valence-corrected chi connectivity index (χ2v) is 7.69. The van der Waals surface area contributed by atoms with Crippen molar-refractivity contribution >= 4 is 11.8 Å². The lowest BCUT2D eigenvalue weighted by atomic mass is 10.1. The molecule has 2 aromatic rings. The third-order valence-corrected chi connectivity index (χ3v) is 5.46. The number of rotatable bonds is 4. The van der Waals surface area contributed by atoms with Gasteiger partial charge in [-0.25, -0.2) is 0 Å². The second kappa shape index (κ2) is 7.79. The van der Waals surface area contributed by atoms with Gasteiger partial charge < -0.3 is 19.0 Å². The molecule has 0 radical (unpaired) electrons. The number of hydrogen-bond donors (Lipinski definition) is 0. The summed E-state index contributed by atoms with van der Waals surface area (Å²) < 4.78 is 12.9. The molecule has 0 N–H and O–H groups in total. The van der Waals surface area contributed by atoms with Gasteiger partial charge >= 0.3 is 0 Å². The molecular weight excluding hydrogens is 360 g/mol. The monoisotopic (exact) mass is 386 g/mol. The molecule has 2 amide bonds. The largest absolute Gasteiger partial charge is 0.459 e. The Hall–Kier alpha value is -2.61. The minimum absolute atomic E-state index is 0.0942. The van der Waals surface area contributed by atoms with E-state index in [1.807, 2.05) is 34.4 Å². The summed E-state index contributed by atoms with van der Waals surface area (Å²) in [6.45, 7) is 7.17. The standard InChI is InChI=1S/C20H26N4O4/c1-14-8-15(2)24(21-14)6-5-19(25)22-9-16-10-23(17(11-22)13-27-12-16)20(26)18-4-3-7-28-18/h3-4,7-8,16-17H,5-6,9-13H2,1-2H3/t16-,17-/m0/s1. The zero-order chi connectivity index (χ0) is 19.7. The van der Waals surface area contributed by atoms with Crippen molar-refractivity contribution in [2.75, 3.05) is 32.8 Å². The van der Waals surface area contributed by atoms with Crippen LogP contribution in [0, 0.1) is 19.8 Å². The highest BCUT2D eigenvalue weighted by atomic mass is 16.5. The van der Waals surface area contributed by atoms with E-state index in [2.05, 4.69) is 5.10 Å². The van der Waals surface area contributed by atoms with E-state index in [4.69, 9.17) is 9.15 Å². The first kappa shape index (κ1) is 18.7. The minimum Gasteiger partial charge on any atom is -0.459 e. The van der Waals surface area contributed by atoms with Gasteiger partial charge in [-0.3, -0.25) is 14.3 Å². The van der Waals surface area contributed by atoms with Gasteiger partial charge in [-0.15, -0.1) is 0 Å². The SMILES string of the molecule is Cc1cc(C)n(CCC(=O)N2C[C@@H]3COC[C@H](C2)N(C(=O)c2ccco2)C3)n1. The van der Waals surface area contributed by atoms with Crippen LogP contribution < -0.4 is 0 Å². The molecule has 0 spiro atoms. The summed E-state index contributed by atoms with van der Waals surface area (Å²) in [6, 6.07) is 5.23. The predicted octanol–water partition coefficient (Wildman–Crippen LogP) is 1.48. The number of carbonyl (C=O) groups is 2. The van der Waals surface area contributed by atoms with Crippen molar-refractivity contribution in [2.24, 2.45) is 5.92 Å². The van der Waals surface area contributed by atoms with Crippen LogP contribution in [0.5, 0.6) is 0 Å². The average Bonchev–Trinajstić information content (AvgIpc) is 3.18. The molecule has 2 fully saturated rings. The first-order valence-corrected chi connectivity index (χ1v) is 9.72.